The summed E-state index contributed by atoms with van der Waals surface area (Å²) in [6, 6.07) is 7.89. The van der Waals surface area contributed by atoms with Gasteiger partial charge in [-0.1, -0.05) is 17.7 Å². The second-order valence-corrected chi connectivity index (χ2v) is 8.24. The van der Waals surface area contributed by atoms with Gasteiger partial charge in [0.1, 0.15) is 11.6 Å². The van der Waals surface area contributed by atoms with E-state index < -0.39 is 51.7 Å². The van der Waals surface area contributed by atoms with Gasteiger partial charge < -0.3 is 8.92 Å². The molecule has 34 heavy (non-hydrogen) atoms. The third-order valence-electron chi connectivity index (χ3n) is 4.75. The lowest BCUT2D eigenvalue weighted by Gasteiger charge is -2.13. The van der Waals surface area contributed by atoms with Crippen molar-refractivity contribution in [2.24, 2.45) is 0 Å². The predicted octanol–water partition coefficient (Wildman–Crippen LogP) is 6.50. The molecular weight excluding hydrogens is 508 g/mol. The van der Waals surface area contributed by atoms with E-state index >= 15 is 0 Å². The Morgan fingerprint density at radius 3 is 2.18 bits per heavy atom. The molecular formula is C22H10ClF6NO3S. The summed E-state index contributed by atoms with van der Waals surface area (Å²) in [7, 11) is 1.33. The van der Waals surface area contributed by atoms with E-state index in [1.807, 2.05) is 0 Å². The fourth-order valence-corrected chi connectivity index (χ4v) is 4.10. The van der Waals surface area contributed by atoms with Gasteiger partial charge in [0.25, 0.3) is 0 Å². The number of pyridine rings is 1. The lowest BCUT2D eigenvalue weighted by molar-refractivity contribution is 0.352. The monoisotopic (exact) mass is 517 g/mol. The van der Waals surface area contributed by atoms with Gasteiger partial charge >= 0.3 is 0 Å². The van der Waals surface area contributed by atoms with Crippen molar-refractivity contribution in [2.75, 3.05) is 7.11 Å². The van der Waals surface area contributed by atoms with Crippen LogP contribution in [0.2, 0.25) is 5.02 Å². The summed E-state index contributed by atoms with van der Waals surface area (Å²) >= 11 is 3.24. The van der Waals surface area contributed by atoms with Crippen molar-refractivity contribution >= 4 is 33.5 Å². The lowest BCUT2D eigenvalue weighted by atomic mass is 10.0. The molecule has 0 aliphatic carbocycles. The zero-order chi connectivity index (χ0) is 24.7. The van der Waals surface area contributed by atoms with Crippen LogP contribution < -0.4 is 8.92 Å². The fraction of sp³-hybridized carbons (Fsp3) is 0.0455. The van der Waals surface area contributed by atoms with Crippen molar-refractivity contribution in [3.05, 3.63) is 82.5 Å². The summed E-state index contributed by atoms with van der Waals surface area (Å²) in [6.07, 6.45) is 1.38. The Balaban J connectivity index is 1.76. The number of ether oxygens (including phenoxy) is 1. The molecule has 0 N–H and O–H groups in total. The zero-order valence-electron chi connectivity index (χ0n) is 16.8. The third-order valence-corrected chi connectivity index (χ3v) is 6.00. The van der Waals surface area contributed by atoms with E-state index in [-0.39, 0.29) is 15.7 Å². The van der Waals surface area contributed by atoms with Gasteiger partial charge in [0, 0.05) is 23.2 Å². The van der Waals surface area contributed by atoms with Gasteiger partial charge in [-0.3, -0.25) is 4.98 Å². The second-order valence-electron chi connectivity index (χ2n) is 6.73. The molecule has 4 aromatic rings. The molecule has 0 spiro atoms. The van der Waals surface area contributed by atoms with E-state index in [4.69, 9.17) is 16.3 Å². The van der Waals surface area contributed by atoms with Gasteiger partial charge in [0.2, 0.25) is 45.9 Å². The number of fused-ring (bicyclic) bond motifs is 1. The maximum Gasteiger partial charge on any atom is 0.240 e. The van der Waals surface area contributed by atoms with Crippen LogP contribution in [-0.2, 0) is 11.1 Å². The quantitative estimate of drug-likeness (QED) is 0.172. The SMILES string of the molecule is COc1cc(F)c(Cl)cc1-c1nccc2cc(S(=O)Oc3c(F)c(F)c(F)c(F)c3F)ccc12. The Labute approximate surface area is 195 Å². The highest BCUT2D eigenvalue weighted by molar-refractivity contribution is 7.80. The van der Waals surface area contributed by atoms with Gasteiger partial charge in [-0.2, -0.15) is 8.78 Å². The summed E-state index contributed by atoms with van der Waals surface area (Å²) in [5, 5.41) is 0.711. The average Bonchev–Trinajstić information content (AvgIpc) is 2.84. The van der Waals surface area contributed by atoms with Gasteiger partial charge in [-0.15, -0.1) is 0 Å². The van der Waals surface area contributed by atoms with Crippen LogP contribution in [0.1, 0.15) is 0 Å². The van der Waals surface area contributed by atoms with E-state index in [0.29, 0.717) is 22.0 Å². The van der Waals surface area contributed by atoms with Crippen LogP contribution in [-0.4, -0.2) is 16.3 Å². The Hall–Kier alpha value is -3.31. The highest BCUT2D eigenvalue weighted by atomic mass is 35.5. The van der Waals surface area contributed by atoms with Crippen molar-refractivity contribution < 1.29 is 39.5 Å². The molecule has 1 aromatic heterocycles. The Kier molecular flexibility index (Phi) is 6.41. The number of aromatic nitrogens is 1. The maximum absolute atomic E-state index is 13.9. The molecule has 0 aliphatic rings. The van der Waals surface area contributed by atoms with E-state index in [9.17, 15) is 30.6 Å². The van der Waals surface area contributed by atoms with Crippen LogP contribution >= 0.6 is 11.6 Å². The molecule has 12 heteroatoms. The standard InChI is InChI=1S/C22H10ClF6NO3S/c1-32-15-8-14(24)13(23)7-12(15)21-11-3-2-10(6-9(11)4-5-30-21)34(31)33-22-19(28)17(26)16(25)18(27)20(22)29/h2-8H,1H3. The minimum absolute atomic E-state index is 0.141. The summed E-state index contributed by atoms with van der Waals surface area (Å²) in [6.45, 7) is 0. The lowest BCUT2D eigenvalue weighted by Crippen LogP contribution is -2.09. The molecule has 0 amide bonds. The van der Waals surface area contributed by atoms with E-state index in [1.165, 1.54) is 43.6 Å². The van der Waals surface area contributed by atoms with Crippen LogP contribution in [0.15, 0.2) is 47.5 Å². The summed E-state index contributed by atoms with van der Waals surface area (Å²) < 4.78 is 104. The highest BCUT2D eigenvalue weighted by Gasteiger charge is 2.29. The number of hydrogen-bond acceptors (Lipinski definition) is 4. The number of hydrogen-bond donors (Lipinski definition) is 0. The minimum atomic E-state index is -2.65. The summed E-state index contributed by atoms with van der Waals surface area (Å²) in [4.78, 5) is 4.12. The summed E-state index contributed by atoms with van der Waals surface area (Å²) in [5.41, 5.74) is 0.681. The van der Waals surface area contributed by atoms with Crippen LogP contribution in [0.4, 0.5) is 26.3 Å². The predicted molar refractivity (Wildman–Crippen MR) is 112 cm³/mol. The second kappa shape index (κ2) is 9.15. The largest absolute Gasteiger partial charge is 0.496 e. The zero-order valence-corrected chi connectivity index (χ0v) is 18.3. The van der Waals surface area contributed by atoms with Gasteiger partial charge in [0.15, 0.2) is 0 Å². The van der Waals surface area contributed by atoms with Gasteiger partial charge in [-0.25, -0.2) is 21.8 Å². The molecule has 0 aliphatic heterocycles. The first-order valence-electron chi connectivity index (χ1n) is 9.17. The van der Waals surface area contributed by atoms with Crippen molar-refractivity contribution in [3.63, 3.8) is 0 Å². The number of halogens is 7. The first kappa shape index (κ1) is 23.8. The number of rotatable bonds is 5. The number of methoxy groups -OCH3 is 1. The van der Waals surface area contributed by atoms with Crippen molar-refractivity contribution in [1.29, 1.82) is 0 Å². The molecule has 0 bridgehead atoms. The normalized spacial score (nSPS) is 12.1. The molecule has 0 saturated heterocycles. The van der Waals surface area contributed by atoms with Gasteiger partial charge in [-0.05, 0) is 29.7 Å². The molecule has 4 rings (SSSR count). The molecule has 0 radical (unpaired) electrons. The molecule has 1 atom stereocenters. The van der Waals surface area contributed by atoms with E-state index in [0.717, 1.165) is 6.07 Å². The maximum atomic E-state index is 13.9. The van der Waals surface area contributed by atoms with Crippen LogP contribution in [0.3, 0.4) is 0 Å². The average molecular weight is 518 g/mol. The van der Waals surface area contributed by atoms with E-state index in [2.05, 4.69) is 9.17 Å². The van der Waals surface area contributed by atoms with Crippen LogP contribution in [0.5, 0.6) is 11.5 Å². The first-order chi connectivity index (χ1) is 16.1. The van der Waals surface area contributed by atoms with Crippen LogP contribution in [0, 0.1) is 34.9 Å². The fourth-order valence-electron chi connectivity index (χ4n) is 3.14. The molecule has 176 valence electrons. The van der Waals surface area contributed by atoms with Crippen molar-refractivity contribution in [3.8, 4) is 22.8 Å². The van der Waals surface area contributed by atoms with Gasteiger partial charge in [0.05, 0.1) is 22.7 Å². The Bertz CT molecular complexity index is 1450. The topological polar surface area (TPSA) is 48.4 Å². The molecule has 1 unspecified atom stereocenters. The molecule has 3 aromatic carbocycles. The van der Waals surface area contributed by atoms with E-state index in [1.54, 1.807) is 0 Å². The van der Waals surface area contributed by atoms with Crippen molar-refractivity contribution in [1.82, 2.24) is 4.98 Å². The molecule has 4 nitrogen and oxygen atoms in total. The first-order valence-corrected chi connectivity index (χ1v) is 10.6. The molecule has 1 heterocycles. The number of nitrogens with zero attached hydrogens (tertiary/aromatic N) is 1. The smallest absolute Gasteiger partial charge is 0.240 e. The molecule has 0 saturated carbocycles. The minimum Gasteiger partial charge on any atom is -0.496 e. The Morgan fingerprint density at radius 2 is 1.53 bits per heavy atom. The third kappa shape index (κ3) is 4.05. The summed E-state index contributed by atoms with van der Waals surface area (Å²) in [5.74, 6) is -13.6. The van der Waals surface area contributed by atoms with Crippen molar-refractivity contribution in [2.45, 2.75) is 4.90 Å². The highest BCUT2D eigenvalue weighted by Crippen LogP contribution is 2.37. The number of benzene rings is 3. The Morgan fingerprint density at radius 1 is 0.882 bits per heavy atom. The molecule has 0 fully saturated rings. The van der Waals surface area contributed by atoms with Crippen LogP contribution in [0.25, 0.3) is 22.0 Å².